The molecule has 1 rings (SSSR count). The Labute approximate surface area is 114 Å². The minimum atomic E-state index is -1.47. The largest absolute Gasteiger partial charge is 0.394 e. The maximum atomic E-state index is 12.2. The van der Waals surface area contributed by atoms with Crippen molar-refractivity contribution in [2.45, 2.75) is 18.9 Å². The maximum absolute atomic E-state index is 12.2. The number of aromatic nitrogens is 2. The van der Waals surface area contributed by atoms with E-state index in [0.29, 0.717) is 0 Å². The second-order valence-corrected chi connectivity index (χ2v) is 4.61. The number of hydrogen-bond acceptors (Lipinski definition) is 5. The van der Waals surface area contributed by atoms with Crippen molar-refractivity contribution in [2.24, 2.45) is 0 Å². The molecule has 7 nitrogen and oxygen atoms in total. The molecule has 0 saturated carbocycles. The number of halogens is 2. The van der Waals surface area contributed by atoms with Crippen molar-refractivity contribution in [3.05, 3.63) is 30.6 Å². The van der Waals surface area contributed by atoms with Gasteiger partial charge in [0.25, 0.3) is 5.56 Å². The number of aliphatic hydroxyl groups excluding tert-OH is 2. The van der Waals surface area contributed by atoms with Gasteiger partial charge in [0, 0.05) is 6.20 Å². The van der Waals surface area contributed by atoms with Crippen molar-refractivity contribution in [1.82, 2.24) is 9.55 Å². The fourth-order valence-electron chi connectivity index (χ4n) is 1.14. The number of aliphatic hydroxyl groups is 2. The van der Waals surface area contributed by atoms with Gasteiger partial charge in [0.05, 0.1) is 10.2 Å². The van der Waals surface area contributed by atoms with Gasteiger partial charge >= 0.3 is 5.69 Å². The Morgan fingerprint density at radius 2 is 2.22 bits per heavy atom. The normalized spacial score (nSPS) is 14.4. The molecule has 0 spiro atoms. The predicted octanol–water partition coefficient (Wildman–Crippen LogP) is -1.19. The van der Waals surface area contributed by atoms with E-state index in [1.807, 2.05) is 0 Å². The van der Waals surface area contributed by atoms with Crippen molar-refractivity contribution >= 4 is 22.6 Å². The summed E-state index contributed by atoms with van der Waals surface area (Å²) in [6.07, 6.45) is -1.34. The zero-order chi connectivity index (χ0) is 13.7. The lowest BCUT2D eigenvalue weighted by molar-refractivity contribution is -0.0936. The van der Waals surface area contributed by atoms with Crippen LogP contribution in [0.1, 0.15) is 0 Å². The molecule has 0 saturated heterocycles. The zero-order valence-electron chi connectivity index (χ0n) is 9.18. The van der Waals surface area contributed by atoms with Crippen molar-refractivity contribution in [2.75, 3.05) is 13.3 Å². The Morgan fingerprint density at radius 3 is 2.78 bits per heavy atom. The summed E-state index contributed by atoms with van der Waals surface area (Å²) in [4.78, 5) is 24.5. The second-order valence-electron chi connectivity index (χ2n) is 3.44. The first-order valence-corrected chi connectivity index (χ1v) is 6.03. The van der Waals surface area contributed by atoms with Gasteiger partial charge in [0.15, 0.2) is 0 Å². The van der Waals surface area contributed by atoms with Crippen molar-refractivity contribution < 1.29 is 19.3 Å². The molecule has 2 unspecified atom stereocenters. The van der Waals surface area contributed by atoms with Gasteiger partial charge in [0.1, 0.15) is 25.6 Å². The van der Waals surface area contributed by atoms with Crippen molar-refractivity contribution in [1.29, 1.82) is 0 Å². The van der Waals surface area contributed by atoms with E-state index < -0.39 is 36.7 Å². The average molecular weight is 374 g/mol. The Balaban J connectivity index is 2.77. The molecule has 0 aliphatic rings. The molecular weight excluding hydrogens is 362 g/mol. The van der Waals surface area contributed by atoms with E-state index in [1.165, 1.54) is 6.20 Å². The first-order chi connectivity index (χ1) is 8.49. The van der Waals surface area contributed by atoms with Gasteiger partial charge in [-0.2, -0.15) is 0 Å². The summed E-state index contributed by atoms with van der Waals surface area (Å²) >= 11 is 1.74. The molecule has 0 amide bonds. The first-order valence-electron chi connectivity index (χ1n) is 4.95. The molecule has 18 heavy (non-hydrogen) atoms. The second kappa shape index (κ2) is 6.97. The molecule has 0 fully saturated rings. The highest BCUT2D eigenvalue weighted by molar-refractivity contribution is 14.1. The highest BCUT2D eigenvalue weighted by Gasteiger charge is 2.19. The third-order valence-corrected chi connectivity index (χ3v) is 2.93. The Morgan fingerprint density at radius 1 is 1.56 bits per heavy atom. The van der Waals surface area contributed by atoms with E-state index in [2.05, 4.69) is 4.98 Å². The van der Waals surface area contributed by atoms with Gasteiger partial charge in [-0.1, -0.05) is 0 Å². The molecule has 9 heteroatoms. The summed E-state index contributed by atoms with van der Waals surface area (Å²) in [5.74, 6) is 0. The molecule has 1 heterocycles. The van der Waals surface area contributed by atoms with Crippen LogP contribution in [0.4, 0.5) is 4.39 Å². The molecule has 0 bridgehead atoms. The highest BCUT2D eigenvalue weighted by atomic mass is 127. The van der Waals surface area contributed by atoms with Crippen LogP contribution >= 0.6 is 22.6 Å². The minimum Gasteiger partial charge on any atom is -0.394 e. The van der Waals surface area contributed by atoms with Gasteiger partial charge in [-0.25, -0.2) is 9.18 Å². The van der Waals surface area contributed by atoms with Gasteiger partial charge in [-0.3, -0.25) is 14.3 Å². The smallest absolute Gasteiger partial charge is 0.330 e. The third kappa shape index (κ3) is 3.86. The molecule has 2 atom stereocenters. The van der Waals surface area contributed by atoms with E-state index in [4.69, 9.17) is 14.9 Å². The molecule has 102 valence electrons. The number of hydrogen-bond donors (Lipinski definition) is 3. The van der Waals surface area contributed by atoms with Gasteiger partial charge in [0.2, 0.25) is 0 Å². The topological polar surface area (TPSA) is 105 Å². The average Bonchev–Trinajstić information content (AvgIpc) is 2.35. The lowest BCUT2D eigenvalue weighted by Gasteiger charge is -2.19. The van der Waals surface area contributed by atoms with Crippen LogP contribution in [0.25, 0.3) is 0 Å². The summed E-state index contributed by atoms with van der Waals surface area (Å²) in [6.45, 7) is -1.96. The predicted molar refractivity (Wildman–Crippen MR) is 68.0 cm³/mol. The summed E-state index contributed by atoms with van der Waals surface area (Å²) in [6, 6.07) is 0. The molecule has 0 aliphatic carbocycles. The van der Waals surface area contributed by atoms with Crippen LogP contribution in [0, 0.1) is 3.57 Å². The van der Waals surface area contributed by atoms with Crippen LogP contribution in [-0.2, 0) is 11.5 Å². The van der Waals surface area contributed by atoms with E-state index in [1.54, 1.807) is 22.6 Å². The molecule has 1 aromatic heterocycles. The van der Waals surface area contributed by atoms with E-state index in [-0.39, 0.29) is 10.3 Å². The zero-order valence-corrected chi connectivity index (χ0v) is 11.3. The lowest BCUT2D eigenvalue weighted by Crippen LogP contribution is -2.37. The number of nitrogens with zero attached hydrogens (tertiary/aromatic N) is 1. The van der Waals surface area contributed by atoms with Crippen LogP contribution in [0.3, 0.4) is 0 Å². The number of ether oxygens (including phenoxy) is 1. The Hall–Kier alpha value is -0.780. The molecule has 3 N–H and O–H groups in total. The van der Waals surface area contributed by atoms with Crippen LogP contribution in [0.5, 0.6) is 0 Å². The van der Waals surface area contributed by atoms with Gasteiger partial charge in [-0.15, -0.1) is 0 Å². The van der Waals surface area contributed by atoms with Gasteiger partial charge < -0.3 is 14.9 Å². The Bertz CT molecular complexity index is 502. The molecule has 0 radical (unpaired) electrons. The van der Waals surface area contributed by atoms with Crippen LogP contribution < -0.4 is 11.2 Å². The lowest BCUT2D eigenvalue weighted by atomic mass is 10.2. The third-order valence-electron chi connectivity index (χ3n) is 2.16. The summed E-state index contributed by atoms with van der Waals surface area (Å²) in [5.41, 5.74) is -1.20. The standard InChI is InChI=1S/C9H12FIN2O5/c10-1-6(15)7(3-14)18-4-13-2-5(11)8(16)12-9(13)17/h2,6-7,14-15H,1,3-4H2,(H,12,16,17). The number of H-pyrrole nitrogens is 1. The number of alkyl halides is 1. The molecule has 0 aliphatic heterocycles. The van der Waals surface area contributed by atoms with E-state index in [0.717, 1.165) is 4.57 Å². The van der Waals surface area contributed by atoms with Crippen molar-refractivity contribution in [3.63, 3.8) is 0 Å². The first kappa shape index (κ1) is 15.3. The summed E-state index contributed by atoms with van der Waals surface area (Å²) < 4.78 is 18.5. The monoisotopic (exact) mass is 374 g/mol. The molecular formula is C9H12FIN2O5. The summed E-state index contributed by atoms with van der Waals surface area (Å²) in [5, 5.41) is 18.0. The highest BCUT2D eigenvalue weighted by Crippen LogP contribution is 2.01. The number of nitrogens with one attached hydrogen (secondary N) is 1. The fraction of sp³-hybridized carbons (Fsp3) is 0.556. The van der Waals surface area contributed by atoms with Crippen molar-refractivity contribution in [3.8, 4) is 0 Å². The fourth-order valence-corrected chi connectivity index (χ4v) is 1.61. The summed E-state index contributed by atoms with van der Waals surface area (Å²) in [7, 11) is 0. The van der Waals surface area contributed by atoms with Crippen LogP contribution in [-0.4, -0.2) is 45.3 Å². The Kier molecular flexibility index (Phi) is 5.91. The van der Waals surface area contributed by atoms with Crippen LogP contribution in [0.2, 0.25) is 0 Å². The number of aromatic amines is 1. The minimum absolute atomic E-state index is 0.280. The molecule has 0 aromatic carbocycles. The van der Waals surface area contributed by atoms with E-state index >= 15 is 0 Å². The quantitative estimate of drug-likeness (QED) is 0.543. The van der Waals surface area contributed by atoms with Gasteiger partial charge in [-0.05, 0) is 22.6 Å². The maximum Gasteiger partial charge on any atom is 0.330 e. The van der Waals surface area contributed by atoms with E-state index in [9.17, 15) is 14.0 Å². The SMILES string of the molecule is O=c1[nH]c(=O)n(COC(CO)C(O)CF)cc1I. The molecule has 1 aromatic rings. The van der Waals surface area contributed by atoms with Crippen LogP contribution in [0.15, 0.2) is 15.8 Å². The number of rotatable bonds is 6.